The molecule has 0 rings (SSSR count). The van der Waals surface area contributed by atoms with Crippen molar-refractivity contribution in [3.8, 4) is 0 Å². The summed E-state index contributed by atoms with van der Waals surface area (Å²) in [4.78, 5) is 38.3. The maximum atomic E-state index is 12.9. The van der Waals surface area contributed by atoms with Crippen molar-refractivity contribution in [1.82, 2.24) is 0 Å². The number of hydrogen-bond acceptors (Lipinski definition) is 6. The third kappa shape index (κ3) is 62.8. The van der Waals surface area contributed by atoms with Crippen molar-refractivity contribution in [3.63, 3.8) is 0 Å². The molecular weight excluding hydrogens is 949 g/mol. The molecule has 6 heteroatoms. The van der Waals surface area contributed by atoms with E-state index in [-0.39, 0.29) is 31.1 Å². The van der Waals surface area contributed by atoms with Crippen LogP contribution in [0.25, 0.3) is 0 Å². The zero-order valence-electron chi connectivity index (χ0n) is 50.4. The van der Waals surface area contributed by atoms with Gasteiger partial charge in [0.05, 0.1) is 0 Å². The van der Waals surface area contributed by atoms with E-state index in [2.05, 4.69) is 130 Å². The molecule has 0 spiro atoms. The van der Waals surface area contributed by atoms with Crippen LogP contribution in [0.1, 0.15) is 303 Å². The summed E-state index contributed by atoms with van der Waals surface area (Å²) in [6.07, 6.45) is 88.1. The first-order valence-electron chi connectivity index (χ1n) is 32.4. The smallest absolute Gasteiger partial charge is 0.306 e. The molecule has 0 bridgehead atoms. The van der Waals surface area contributed by atoms with Crippen LogP contribution in [0.3, 0.4) is 0 Å². The molecule has 0 N–H and O–H groups in total. The molecular formula is C71H120O6. The van der Waals surface area contributed by atoms with Crippen molar-refractivity contribution in [2.75, 3.05) is 13.2 Å². The van der Waals surface area contributed by atoms with E-state index >= 15 is 0 Å². The molecule has 440 valence electrons. The fourth-order valence-corrected chi connectivity index (χ4v) is 8.99. The fraction of sp³-hybridized carbons (Fsp3) is 0.704. The van der Waals surface area contributed by atoms with E-state index in [1.54, 1.807) is 0 Å². The number of esters is 3. The van der Waals surface area contributed by atoms with Gasteiger partial charge in [-0.1, -0.05) is 291 Å². The van der Waals surface area contributed by atoms with Gasteiger partial charge in [0.1, 0.15) is 13.2 Å². The summed E-state index contributed by atoms with van der Waals surface area (Å²) in [6, 6.07) is 0. The minimum absolute atomic E-state index is 0.0828. The summed E-state index contributed by atoms with van der Waals surface area (Å²) < 4.78 is 16.9. The van der Waals surface area contributed by atoms with Crippen LogP contribution in [-0.4, -0.2) is 37.2 Å². The Morgan fingerprint density at radius 2 is 0.506 bits per heavy atom. The van der Waals surface area contributed by atoms with Crippen molar-refractivity contribution in [1.29, 1.82) is 0 Å². The lowest BCUT2D eigenvalue weighted by Gasteiger charge is -2.18. The van der Waals surface area contributed by atoms with Gasteiger partial charge in [-0.25, -0.2) is 0 Å². The largest absolute Gasteiger partial charge is 0.462 e. The molecule has 0 aromatic carbocycles. The molecule has 0 heterocycles. The molecule has 0 aliphatic heterocycles. The Morgan fingerprint density at radius 1 is 0.273 bits per heavy atom. The van der Waals surface area contributed by atoms with Crippen molar-refractivity contribution < 1.29 is 28.6 Å². The Bertz CT molecular complexity index is 1560. The summed E-state index contributed by atoms with van der Waals surface area (Å²) in [6.45, 7) is 6.42. The SMILES string of the molecule is CC/C=C\C/C=C\C/C=C\C/C=C\C/C=C\C/C=C\CCCCCCCCCCCCCCC(=O)OCC(COC(=O)CCCCCCCCCCCCCCC)OC(=O)CCCCCCC/C=C\C/C=C\C/C=C\CC. The van der Waals surface area contributed by atoms with E-state index in [1.807, 2.05) is 0 Å². The lowest BCUT2D eigenvalue weighted by atomic mass is 10.0. The van der Waals surface area contributed by atoms with Crippen molar-refractivity contribution in [3.05, 3.63) is 109 Å². The van der Waals surface area contributed by atoms with Crippen molar-refractivity contribution in [2.45, 2.75) is 309 Å². The van der Waals surface area contributed by atoms with Gasteiger partial charge in [0.15, 0.2) is 6.10 Å². The first kappa shape index (κ1) is 73.1. The number of carbonyl (C=O) groups excluding carboxylic acids is 3. The summed E-state index contributed by atoms with van der Waals surface area (Å²) in [5, 5.41) is 0. The molecule has 0 aliphatic rings. The highest BCUT2D eigenvalue weighted by Crippen LogP contribution is 2.16. The van der Waals surface area contributed by atoms with Crippen LogP contribution in [0.2, 0.25) is 0 Å². The minimum atomic E-state index is -0.787. The van der Waals surface area contributed by atoms with Crippen LogP contribution in [-0.2, 0) is 28.6 Å². The number of unbranched alkanes of at least 4 members (excludes halogenated alkanes) is 29. The lowest BCUT2D eigenvalue weighted by Crippen LogP contribution is -2.30. The predicted octanol–water partition coefficient (Wildman–Crippen LogP) is 22.2. The van der Waals surface area contributed by atoms with E-state index in [0.717, 1.165) is 135 Å². The number of carbonyl (C=O) groups is 3. The highest BCUT2D eigenvalue weighted by molar-refractivity contribution is 5.71. The second-order valence-corrected chi connectivity index (χ2v) is 21.3. The summed E-state index contributed by atoms with van der Waals surface area (Å²) in [5.74, 6) is -0.893. The van der Waals surface area contributed by atoms with Gasteiger partial charge in [-0.05, 0) is 103 Å². The molecule has 0 fully saturated rings. The highest BCUT2D eigenvalue weighted by atomic mass is 16.6. The number of allylic oxidation sites excluding steroid dienone is 18. The van der Waals surface area contributed by atoms with Gasteiger partial charge >= 0.3 is 17.9 Å². The minimum Gasteiger partial charge on any atom is -0.462 e. The number of rotatable bonds is 58. The Labute approximate surface area is 476 Å². The van der Waals surface area contributed by atoms with Crippen LogP contribution >= 0.6 is 0 Å². The molecule has 1 unspecified atom stereocenters. The molecule has 0 aromatic heterocycles. The molecule has 0 aromatic rings. The topological polar surface area (TPSA) is 78.9 Å². The van der Waals surface area contributed by atoms with Crippen LogP contribution < -0.4 is 0 Å². The van der Waals surface area contributed by atoms with Gasteiger partial charge in [0.2, 0.25) is 0 Å². The molecule has 6 nitrogen and oxygen atoms in total. The maximum absolute atomic E-state index is 12.9. The Morgan fingerprint density at radius 3 is 0.792 bits per heavy atom. The first-order chi connectivity index (χ1) is 38.0. The van der Waals surface area contributed by atoms with Gasteiger partial charge in [-0.15, -0.1) is 0 Å². The van der Waals surface area contributed by atoms with Crippen LogP contribution in [0.15, 0.2) is 109 Å². The predicted molar refractivity (Wildman–Crippen MR) is 334 cm³/mol. The number of hydrogen-bond donors (Lipinski definition) is 0. The summed E-state index contributed by atoms with van der Waals surface area (Å²) >= 11 is 0. The van der Waals surface area contributed by atoms with Gasteiger partial charge in [0.25, 0.3) is 0 Å². The number of ether oxygens (including phenoxy) is 3. The van der Waals surface area contributed by atoms with Crippen LogP contribution in [0, 0.1) is 0 Å². The van der Waals surface area contributed by atoms with Crippen molar-refractivity contribution in [2.24, 2.45) is 0 Å². The third-order valence-electron chi connectivity index (χ3n) is 13.8. The fourth-order valence-electron chi connectivity index (χ4n) is 8.99. The van der Waals surface area contributed by atoms with E-state index < -0.39 is 6.10 Å². The standard InChI is InChI=1S/C71H120O6/c1-4-7-10-13-16-19-22-25-27-28-29-30-31-32-33-34-35-36-37-38-39-40-41-42-44-46-49-52-55-58-61-64-70(73)76-67-68(66-75-69(72)63-60-57-54-51-48-45-24-21-18-15-12-9-6-3)77-71(74)65-62-59-56-53-50-47-43-26-23-20-17-14-11-8-5-2/h7-8,10-11,16-17,19-20,25-27,29-30,32-33,35-36,43,68H,4-6,9,12-15,18,21-24,28,31,34,37-42,44-67H2,1-3H3/b10-7-,11-8-,19-16-,20-17-,27-25-,30-29-,33-32-,36-35-,43-26-. The average molecular weight is 1070 g/mol. The molecule has 77 heavy (non-hydrogen) atoms. The van der Waals surface area contributed by atoms with E-state index in [9.17, 15) is 14.4 Å². The van der Waals surface area contributed by atoms with Gasteiger partial charge < -0.3 is 14.2 Å². The Kier molecular flexibility index (Phi) is 61.3. The normalized spacial score (nSPS) is 12.8. The second-order valence-electron chi connectivity index (χ2n) is 21.3. The monoisotopic (exact) mass is 1070 g/mol. The highest BCUT2D eigenvalue weighted by Gasteiger charge is 2.19. The zero-order chi connectivity index (χ0) is 55.7. The van der Waals surface area contributed by atoms with Gasteiger partial charge in [0, 0.05) is 19.3 Å². The Hall–Kier alpha value is -3.93. The molecule has 0 saturated heterocycles. The van der Waals surface area contributed by atoms with Gasteiger partial charge in [-0.3, -0.25) is 14.4 Å². The average Bonchev–Trinajstić information content (AvgIpc) is 3.43. The zero-order valence-corrected chi connectivity index (χ0v) is 50.4. The van der Waals surface area contributed by atoms with E-state index in [1.165, 1.54) is 128 Å². The second kappa shape index (κ2) is 64.6. The molecule has 0 radical (unpaired) electrons. The molecule has 0 amide bonds. The van der Waals surface area contributed by atoms with Gasteiger partial charge in [-0.2, -0.15) is 0 Å². The maximum Gasteiger partial charge on any atom is 0.306 e. The van der Waals surface area contributed by atoms with E-state index in [4.69, 9.17) is 14.2 Å². The third-order valence-corrected chi connectivity index (χ3v) is 13.8. The van der Waals surface area contributed by atoms with E-state index in [0.29, 0.717) is 19.3 Å². The molecule has 0 aliphatic carbocycles. The Balaban J connectivity index is 4.23. The van der Waals surface area contributed by atoms with Crippen LogP contribution in [0.4, 0.5) is 0 Å². The molecule has 0 saturated carbocycles. The molecule has 1 atom stereocenters. The van der Waals surface area contributed by atoms with Crippen LogP contribution in [0.5, 0.6) is 0 Å². The van der Waals surface area contributed by atoms with Crippen molar-refractivity contribution >= 4 is 17.9 Å². The first-order valence-corrected chi connectivity index (χ1v) is 32.4. The summed E-state index contributed by atoms with van der Waals surface area (Å²) in [5.41, 5.74) is 0. The lowest BCUT2D eigenvalue weighted by molar-refractivity contribution is -0.167. The summed E-state index contributed by atoms with van der Waals surface area (Å²) in [7, 11) is 0. The quantitative estimate of drug-likeness (QED) is 0.0261.